The van der Waals surface area contributed by atoms with Gasteiger partial charge in [0.05, 0.1) is 12.8 Å². The number of carboxylic acid groups (broad SMARTS) is 2. The van der Waals surface area contributed by atoms with Crippen LogP contribution in [0.1, 0.15) is 112 Å². The first-order valence-corrected chi connectivity index (χ1v) is 15.9. The van der Waals surface area contributed by atoms with Crippen molar-refractivity contribution in [1.82, 2.24) is 0 Å². The molecule has 5 N–H and O–H groups in total. The van der Waals surface area contributed by atoms with Gasteiger partial charge in [-0.25, -0.2) is 4.79 Å². The summed E-state index contributed by atoms with van der Waals surface area (Å²) in [6.07, 6.45) is 10.7. The van der Waals surface area contributed by atoms with Crippen LogP contribution in [0.4, 0.5) is 0 Å². The average molecular weight is 576 g/mol. The van der Waals surface area contributed by atoms with Crippen LogP contribution >= 0.6 is 0 Å². The summed E-state index contributed by atoms with van der Waals surface area (Å²) >= 11 is 0. The first-order chi connectivity index (χ1) is 19.1. The number of ether oxygens (including phenoxy) is 1. The fourth-order valence-corrected chi connectivity index (χ4v) is 9.83. The molecule has 0 spiro atoms. The number of aliphatic hydroxyl groups is 1. The van der Waals surface area contributed by atoms with Crippen molar-refractivity contribution in [1.29, 1.82) is 0 Å². The van der Waals surface area contributed by atoms with Crippen LogP contribution in [-0.2, 0) is 19.1 Å². The van der Waals surface area contributed by atoms with Crippen LogP contribution in [0.5, 0.6) is 0 Å². The van der Waals surface area contributed by atoms with E-state index >= 15 is 0 Å². The van der Waals surface area contributed by atoms with E-state index < -0.39 is 47.9 Å². The lowest BCUT2D eigenvalue weighted by Gasteiger charge is -2.60. The number of allylic oxidation sites excluding steroid dienone is 1. The number of esters is 1. The van der Waals surface area contributed by atoms with Gasteiger partial charge in [-0.15, -0.1) is 0 Å². The normalized spacial score (nSPS) is 38.6. The Morgan fingerprint density at radius 2 is 1.78 bits per heavy atom. The largest absolute Gasteiger partial charge is 0.481 e. The van der Waals surface area contributed by atoms with Crippen molar-refractivity contribution in [2.45, 2.75) is 129 Å². The smallest absolute Gasteiger partial charge is 0.336 e. The molecule has 8 nitrogen and oxygen atoms in total. The Morgan fingerprint density at radius 1 is 1.07 bits per heavy atom. The van der Waals surface area contributed by atoms with Gasteiger partial charge in [-0.05, 0) is 79.4 Å². The van der Waals surface area contributed by atoms with Crippen molar-refractivity contribution >= 4 is 17.9 Å². The molecular weight excluding hydrogens is 522 g/mol. The van der Waals surface area contributed by atoms with Gasteiger partial charge in [-0.2, -0.15) is 0 Å². The second kappa shape index (κ2) is 12.0. The molecule has 0 heterocycles. The van der Waals surface area contributed by atoms with Gasteiger partial charge in [0.1, 0.15) is 6.10 Å². The summed E-state index contributed by atoms with van der Waals surface area (Å²) in [5.74, 6) is -0.503. The highest BCUT2D eigenvalue weighted by atomic mass is 16.5. The maximum absolute atomic E-state index is 13.1. The number of rotatable bonds is 11. The Morgan fingerprint density at radius 3 is 2.41 bits per heavy atom. The SMILES string of the molecule is CC(C)CCC[C@@H](C)[C@H]1CC[C@H]2[C@@H]3CC=C4C[C@H](N)CC(OC(=O)CC(O)(CC(=O)O)C(=O)O)[C@]4(C)[C@H]3CC[C@]12C. The molecule has 0 aromatic rings. The van der Waals surface area contributed by atoms with Gasteiger partial charge >= 0.3 is 17.9 Å². The predicted octanol–water partition coefficient (Wildman–Crippen LogP) is 5.56. The molecule has 0 aromatic heterocycles. The molecule has 0 amide bonds. The molecular formula is C33H53NO7. The number of nitrogens with two attached hydrogens (primary N) is 1. The van der Waals surface area contributed by atoms with Crippen molar-refractivity contribution in [3.63, 3.8) is 0 Å². The number of carbonyl (C=O) groups excluding carboxylic acids is 1. The molecule has 0 aromatic carbocycles. The Hall–Kier alpha value is -1.93. The van der Waals surface area contributed by atoms with Gasteiger partial charge in [0.25, 0.3) is 0 Å². The van der Waals surface area contributed by atoms with Crippen LogP contribution in [0.3, 0.4) is 0 Å². The molecule has 0 radical (unpaired) electrons. The number of hydrogen-bond donors (Lipinski definition) is 4. The van der Waals surface area contributed by atoms with E-state index in [1.165, 1.54) is 37.7 Å². The third-order valence-electron chi connectivity index (χ3n) is 12.0. The lowest BCUT2D eigenvalue weighted by Crippen LogP contribution is -2.57. The third kappa shape index (κ3) is 6.11. The summed E-state index contributed by atoms with van der Waals surface area (Å²) in [7, 11) is 0. The number of fused-ring (bicyclic) bond motifs is 5. The highest BCUT2D eigenvalue weighted by Gasteiger charge is 2.61. The molecule has 10 atom stereocenters. The summed E-state index contributed by atoms with van der Waals surface area (Å²) in [5, 5.41) is 29.0. The van der Waals surface area contributed by atoms with E-state index in [1.807, 2.05) is 0 Å². The van der Waals surface area contributed by atoms with Crippen LogP contribution in [0, 0.1) is 46.3 Å². The zero-order chi connectivity index (χ0) is 30.3. The van der Waals surface area contributed by atoms with Crippen LogP contribution in [-0.4, -0.2) is 51.0 Å². The zero-order valence-corrected chi connectivity index (χ0v) is 25.7. The molecule has 2 unspecified atom stereocenters. The monoisotopic (exact) mass is 575 g/mol. The van der Waals surface area contributed by atoms with Gasteiger partial charge in [0, 0.05) is 17.9 Å². The van der Waals surface area contributed by atoms with Crippen molar-refractivity contribution in [2.24, 2.45) is 52.1 Å². The third-order valence-corrected chi connectivity index (χ3v) is 12.0. The zero-order valence-electron chi connectivity index (χ0n) is 25.7. The molecule has 232 valence electrons. The average Bonchev–Trinajstić information content (AvgIpc) is 3.21. The fraction of sp³-hybridized carbons (Fsp3) is 0.848. The van der Waals surface area contributed by atoms with E-state index in [1.54, 1.807) is 0 Å². The summed E-state index contributed by atoms with van der Waals surface area (Å²) in [4.78, 5) is 35.9. The van der Waals surface area contributed by atoms with Gasteiger partial charge in [0.2, 0.25) is 0 Å². The van der Waals surface area contributed by atoms with Crippen LogP contribution in [0.15, 0.2) is 11.6 Å². The topological polar surface area (TPSA) is 147 Å². The number of carboxylic acids is 2. The Bertz CT molecular complexity index is 1040. The molecule has 41 heavy (non-hydrogen) atoms. The van der Waals surface area contributed by atoms with Crippen LogP contribution in [0.2, 0.25) is 0 Å². The minimum atomic E-state index is -2.72. The lowest BCUT2D eigenvalue weighted by atomic mass is 9.46. The maximum atomic E-state index is 13.1. The van der Waals surface area contributed by atoms with E-state index in [2.05, 4.69) is 40.7 Å². The van der Waals surface area contributed by atoms with E-state index in [4.69, 9.17) is 15.6 Å². The minimum Gasteiger partial charge on any atom is -0.481 e. The van der Waals surface area contributed by atoms with E-state index in [0.29, 0.717) is 35.5 Å². The molecule has 8 heteroatoms. The molecule has 0 saturated heterocycles. The Kier molecular flexibility index (Phi) is 9.35. The molecule has 4 aliphatic rings. The molecule has 4 rings (SSSR count). The second-order valence-electron chi connectivity index (χ2n) is 14.9. The highest BCUT2D eigenvalue weighted by molar-refractivity contribution is 5.88. The molecule has 3 saturated carbocycles. The number of hydrogen-bond acceptors (Lipinski definition) is 6. The van der Waals surface area contributed by atoms with Crippen molar-refractivity contribution in [2.75, 3.05) is 0 Å². The van der Waals surface area contributed by atoms with Crippen molar-refractivity contribution in [3.05, 3.63) is 11.6 Å². The highest BCUT2D eigenvalue weighted by Crippen LogP contribution is 2.67. The number of carbonyl (C=O) groups is 3. The number of aliphatic carboxylic acids is 2. The summed E-state index contributed by atoms with van der Waals surface area (Å²) in [5.41, 5.74) is 4.85. The lowest BCUT2D eigenvalue weighted by molar-refractivity contribution is -0.180. The summed E-state index contributed by atoms with van der Waals surface area (Å²) < 4.78 is 5.99. The van der Waals surface area contributed by atoms with E-state index in [0.717, 1.165) is 37.5 Å². The van der Waals surface area contributed by atoms with Crippen LogP contribution in [0.25, 0.3) is 0 Å². The molecule has 0 aliphatic heterocycles. The Labute approximate surface area is 245 Å². The fourth-order valence-electron chi connectivity index (χ4n) is 9.83. The standard InChI is InChI=1S/C33H53NO7/c1-19(2)7-6-8-20(3)24-11-12-25-23-10-9-21-15-22(34)16-27(32(21,5)26(23)13-14-31(24,25)4)41-29(37)18-33(40,30(38)39)17-28(35)36/h9,19-20,22-27,40H,6-8,10-18,34H2,1-5H3,(H,35,36)(H,38,39)/t20-,22+,23+,24-,25+,26+,27?,31-,32+,33?/m1/s1. The van der Waals surface area contributed by atoms with Gasteiger partial charge in [-0.3, -0.25) is 9.59 Å². The first kappa shape index (κ1) is 32.0. The van der Waals surface area contributed by atoms with Crippen molar-refractivity contribution < 1.29 is 34.4 Å². The predicted molar refractivity (Wildman–Crippen MR) is 156 cm³/mol. The minimum absolute atomic E-state index is 0.183. The van der Waals surface area contributed by atoms with E-state index in [-0.39, 0.29) is 6.04 Å². The first-order valence-electron chi connectivity index (χ1n) is 15.9. The maximum Gasteiger partial charge on any atom is 0.336 e. The van der Waals surface area contributed by atoms with Crippen LogP contribution < -0.4 is 5.73 Å². The molecule has 4 aliphatic carbocycles. The van der Waals surface area contributed by atoms with E-state index in [9.17, 15) is 24.6 Å². The van der Waals surface area contributed by atoms with Gasteiger partial charge < -0.3 is 25.8 Å². The molecule has 0 bridgehead atoms. The summed E-state index contributed by atoms with van der Waals surface area (Å²) in [6, 6.07) is -0.183. The van der Waals surface area contributed by atoms with Gasteiger partial charge in [-0.1, -0.05) is 65.5 Å². The molecule has 3 fully saturated rings. The quantitative estimate of drug-likeness (QED) is 0.185. The van der Waals surface area contributed by atoms with Gasteiger partial charge in [0.15, 0.2) is 5.60 Å². The van der Waals surface area contributed by atoms with Crippen molar-refractivity contribution in [3.8, 4) is 0 Å². The Balaban J connectivity index is 1.54. The summed E-state index contributed by atoms with van der Waals surface area (Å²) in [6.45, 7) is 11.8. The second-order valence-corrected chi connectivity index (χ2v) is 14.9.